The van der Waals surface area contributed by atoms with Crippen molar-refractivity contribution in [2.75, 3.05) is 6.61 Å². The smallest absolute Gasteiger partial charge is 0.153 e. The highest BCUT2D eigenvalue weighted by Crippen LogP contribution is 2.69. The van der Waals surface area contributed by atoms with Crippen LogP contribution in [-0.2, 0) is 4.79 Å². The average Bonchev–Trinajstić information content (AvgIpc) is 3.04. The van der Waals surface area contributed by atoms with Gasteiger partial charge in [-0.25, -0.2) is 0 Å². The van der Waals surface area contributed by atoms with E-state index in [2.05, 4.69) is 20.8 Å². The van der Waals surface area contributed by atoms with Gasteiger partial charge in [-0.1, -0.05) is 32.9 Å². The largest absolute Gasteiger partial charge is 0.392 e. The fraction of sp³-hybridized carbons (Fsp3) is 0.762. The molecule has 2 fully saturated rings. The molecule has 5 heteroatoms. The van der Waals surface area contributed by atoms with Crippen LogP contribution in [0.5, 0.6) is 0 Å². The maximum absolute atomic E-state index is 13.8. The van der Waals surface area contributed by atoms with Crippen molar-refractivity contribution in [2.24, 2.45) is 34.5 Å². The lowest BCUT2D eigenvalue weighted by Crippen LogP contribution is -2.63. The Morgan fingerprint density at radius 3 is 2.50 bits per heavy atom. The molecule has 2 saturated carbocycles. The molecule has 8 unspecified atom stereocenters. The van der Waals surface area contributed by atoms with Gasteiger partial charge in [0.05, 0.1) is 12.0 Å². The first-order chi connectivity index (χ1) is 12.0. The Morgan fingerprint density at radius 1 is 1.23 bits per heavy atom. The Balaban J connectivity index is 1.97. The van der Waals surface area contributed by atoms with Gasteiger partial charge in [-0.3, -0.25) is 4.79 Å². The van der Waals surface area contributed by atoms with Crippen LogP contribution in [0.25, 0.3) is 0 Å². The summed E-state index contributed by atoms with van der Waals surface area (Å²) in [6.45, 7) is 7.68. The van der Waals surface area contributed by atoms with E-state index < -0.39 is 35.7 Å². The van der Waals surface area contributed by atoms with Crippen molar-refractivity contribution in [3.63, 3.8) is 0 Å². The van der Waals surface area contributed by atoms with Crippen LogP contribution in [0.15, 0.2) is 23.3 Å². The van der Waals surface area contributed by atoms with Crippen molar-refractivity contribution in [3.05, 3.63) is 23.3 Å². The topological polar surface area (TPSA) is 98.0 Å². The molecule has 0 aromatic rings. The lowest BCUT2D eigenvalue weighted by atomic mass is 9.60. The predicted octanol–water partition coefficient (Wildman–Crippen LogP) is 1.21. The standard InChI is InChI=1S/C21H30O5/c1-10-5-14-15(19(14,3)4)13-6-12(9-22)17(24)21(26)16(23)11(2)8-20(21,7-10)18(13)25/h6,8,10,13-17,22-24,26H,5,7,9H2,1-4H3. The summed E-state index contributed by atoms with van der Waals surface area (Å²) in [5.41, 5.74) is -2.59. The fourth-order valence-corrected chi connectivity index (χ4v) is 6.56. The number of Topliss-reactive ketones (excluding diaryl/α,β-unsaturated/α-hetero) is 1. The molecule has 1 spiro atoms. The van der Waals surface area contributed by atoms with E-state index in [0.717, 1.165) is 6.42 Å². The van der Waals surface area contributed by atoms with Crippen molar-refractivity contribution < 1.29 is 25.2 Å². The number of hydrogen-bond donors (Lipinski definition) is 4. The van der Waals surface area contributed by atoms with Gasteiger partial charge in [0.1, 0.15) is 17.8 Å². The third-order valence-corrected chi connectivity index (χ3v) is 7.98. The molecule has 144 valence electrons. The van der Waals surface area contributed by atoms with E-state index in [9.17, 15) is 25.2 Å². The van der Waals surface area contributed by atoms with E-state index in [-0.39, 0.29) is 28.6 Å². The quantitative estimate of drug-likeness (QED) is 0.526. The zero-order chi connectivity index (χ0) is 19.2. The summed E-state index contributed by atoms with van der Waals surface area (Å²) in [6, 6.07) is 0. The molecule has 0 aromatic heterocycles. The molecule has 0 heterocycles. The zero-order valence-corrected chi connectivity index (χ0v) is 15.9. The summed E-state index contributed by atoms with van der Waals surface area (Å²) < 4.78 is 0. The lowest BCUT2D eigenvalue weighted by Gasteiger charge is -2.46. The Labute approximate surface area is 154 Å². The van der Waals surface area contributed by atoms with Crippen molar-refractivity contribution in [1.82, 2.24) is 0 Å². The molecule has 4 aliphatic rings. The van der Waals surface area contributed by atoms with Crippen LogP contribution in [0.3, 0.4) is 0 Å². The van der Waals surface area contributed by atoms with Crippen LogP contribution in [0, 0.1) is 34.5 Å². The third-order valence-electron chi connectivity index (χ3n) is 7.98. The van der Waals surface area contributed by atoms with E-state index >= 15 is 0 Å². The number of carbonyl (C=O) groups is 1. The SMILES string of the molecule is CC1=CC23CC(C)CC4C(C(C=C(CO)C(O)C2(O)C1O)C3=O)C4(C)C. The van der Waals surface area contributed by atoms with Gasteiger partial charge >= 0.3 is 0 Å². The van der Waals surface area contributed by atoms with Crippen molar-refractivity contribution in [2.45, 2.75) is 58.3 Å². The third kappa shape index (κ3) is 1.93. The molecule has 5 nitrogen and oxygen atoms in total. The monoisotopic (exact) mass is 362 g/mol. The molecule has 0 saturated heterocycles. The fourth-order valence-electron chi connectivity index (χ4n) is 6.56. The van der Waals surface area contributed by atoms with Crippen LogP contribution >= 0.6 is 0 Å². The molecular weight excluding hydrogens is 332 g/mol. The summed E-state index contributed by atoms with van der Waals surface area (Å²) in [5.74, 6) is 0.156. The number of hydrogen-bond acceptors (Lipinski definition) is 5. The Bertz CT molecular complexity index is 722. The van der Waals surface area contributed by atoms with Crippen molar-refractivity contribution in [3.8, 4) is 0 Å². The minimum absolute atomic E-state index is 0.0145. The minimum atomic E-state index is -2.03. The second-order valence-electron chi connectivity index (χ2n) is 9.78. The van der Waals surface area contributed by atoms with Gasteiger partial charge in [-0.05, 0) is 54.1 Å². The first kappa shape index (κ1) is 18.4. The maximum Gasteiger partial charge on any atom is 0.153 e. The normalized spacial score (nSPS) is 52.1. The van der Waals surface area contributed by atoms with Gasteiger partial charge in [-0.2, -0.15) is 0 Å². The van der Waals surface area contributed by atoms with E-state index in [0.29, 0.717) is 17.9 Å². The van der Waals surface area contributed by atoms with Gasteiger partial charge in [0.2, 0.25) is 0 Å². The van der Waals surface area contributed by atoms with Crippen LogP contribution in [0.2, 0.25) is 0 Å². The Kier molecular flexibility index (Phi) is 3.73. The molecule has 8 atom stereocenters. The Morgan fingerprint density at radius 2 is 1.88 bits per heavy atom. The summed E-state index contributed by atoms with van der Waals surface area (Å²) in [7, 11) is 0. The number of rotatable bonds is 1. The highest BCUT2D eigenvalue weighted by atomic mass is 16.4. The summed E-state index contributed by atoms with van der Waals surface area (Å²) >= 11 is 0. The highest BCUT2D eigenvalue weighted by molar-refractivity contribution is 5.94. The van der Waals surface area contributed by atoms with E-state index in [1.165, 1.54) is 0 Å². The van der Waals surface area contributed by atoms with Crippen LogP contribution in [0.1, 0.15) is 40.5 Å². The zero-order valence-electron chi connectivity index (χ0n) is 15.9. The van der Waals surface area contributed by atoms with Gasteiger partial charge in [0.25, 0.3) is 0 Å². The van der Waals surface area contributed by atoms with E-state index in [4.69, 9.17) is 0 Å². The molecule has 0 radical (unpaired) electrons. The number of ketones is 1. The van der Waals surface area contributed by atoms with Gasteiger partial charge in [0, 0.05) is 5.92 Å². The van der Waals surface area contributed by atoms with Crippen molar-refractivity contribution in [1.29, 1.82) is 0 Å². The molecule has 0 aromatic carbocycles. The first-order valence-corrected chi connectivity index (χ1v) is 9.66. The molecular formula is C21H30O5. The molecule has 4 aliphatic carbocycles. The minimum Gasteiger partial charge on any atom is -0.392 e. The molecule has 4 N–H and O–H groups in total. The molecule has 2 bridgehead atoms. The second-order valence-corrected chi connectivity index (χ2v) is 9.78. The number of carbonyl (C=O) groups excluding carboxylic acids is 1. The number of aliphatic hydroxyl groups is 4. The Hall–Kier alpha value is -1.01. The number of aliphatic hydroxyl groups excluding tert-OH is 3. The maximum atomic E-state index is 13.8. The average molecular weight is 362 g/mol. The first-order valence-electron chi connectivity index (χ1n) is 9.66. The van der Waals surface area contributed by atoms with Crippen LogP contribution in [0.4, 0.5) is 0 Å². The summed E-state index contributed by atoms with van der Waals surface area (Å²) in [6.07, 6.45) is 1.94. The molecule has 0 aliphatic heterocycles. The van der Waals surface area contributed by atoms with Crippen LogP contribution < -0.4 is 0 Å². The highest BCUT2D eigenvalue weighted by Gasteiger charge is 2.72. The van der Waals surface area contributed by atoms with Crippen LogP contribution in [-0.4, -0.2) is 50.6 Å². The lowest BCUT2D eigenvalue weighted by molar-refractivity contribution is -0.184. The second kappa shape index (κ2) is 5.28. The van der Waals surface area contributed by atoms with Gasteiger partial charge < -0.3 is 20.4 Å². The summed E-state index contributed by atoms with van der Waals surface area (Å²) in [5, 5.41) is 43.2. The van der Waals surface area contributed by atoms with E-state index in [1.807, 2.05) is 0 Å². The number of allylic oxidation sites excluding steroid dienone is 1. The van der Waals surface area contributed by atoms with Crippen molar-refractivity contribution >= 4 is 5.78 Å². The van der Waals surface area contributed by atoms with E-state index in [1.54, 1.807) is 19.1 Å². The predicted molar refractivity (Wildman–Crippen MR) is 96.0 cm³/mol. The van der Waals surface area contributed by atoms with Gasteiger partial charge in [0.15, 0.2) is 5.78 Å². The summed E-state index contributed by atoms with van der Waals surface area (Å²) in [4.78, 5) is 13.8. The molecule has 26 heavy (non-hydrogen) atoms. The number of fused-ring (bicyclic) bond motifs is 3. The molecule has 0 amide bonds. The molecule has 4 rings (SSSR count). The van der Waals surface area contributed by atoms with Gasteiger partial charge in [-0.15, -0.1) is 0 Å².